The Balaban J connectivity index is 1.65. The van der Waals surface area contributed by atoms with Crippen LogP contribution in [0.5, 0.6) is 0 Å². The number of nitrogens with zero attached hydrogens (tertiary/aromatic N) is 2. The fourth-order valence-corrected chi connectivity index (χ4v) is 6.74. The number of carbonyl (C=O) groups is 2. The molecular formula is C29H30ClN3O6. The van der Waals surface area contributed by atoms with Crippen LogP contribution in [0.15, 0.2) is 16.9 Å². The second-order valence-electron chi connectivity index (χ2n) is 10.8. The number of carbonyl (C=O) groups excluding carboxylic acids is 2. The number of pyridine rings is 2. The molecule has 0 saturated heterocycles. The Bertz CT molecular complexity index is 1640. The normalized spacial score (nSPS) is 21.0. The predicted octanol–water partition coefficient (Wildman–Crippen LogP) is 3.57. The van der Waals surface area contributed by atoms with Gasteiger partial charge < -0.3 is 24.5 Å². The van der Waals surface area contributed by atoms with Crippen molar-refractivity contribution in [2.24, 2.45) is 0 Å². The molecule has 0 bridgehead atoms. The zero-order valence-electron chi connectivity index (χ0n) is 22.3. The van der Waals surface area contributed by atoms with Crippen LogP contribution in [0.2, 0.25) is 5.02 Å². The molecule has 204 valence electrons. The van der Waals surface area contributed by atoms with E-state index in [-0.39, 0.29) is 30.9 Å². The highest BCUT2D eigenvalue weighted by Crippen LogP contribution is 2.47. The first-order valence-corrected chi connectivity index (χ1v) is 13.7. The third kappa shape index (κ3) is 3.67. The SMILES string of the molecule is CC[C@@]1(OC(C)C)C(=O)OCc2c1cc1n(c2=O)Cc2c-1nc1cc(Cl)c(C)c3c1c2[C@@H](NC(=O)CO)CC3. The van der Waals surface area contributed by atoms with E-state index in [4.69, 9.17) is 26.1 Å². The number of fused-ring (bicyclic) bond motifs is 5. The van der Waals surface area contributed by atoms with Crippen molar-refractivity contribution in [1.29, 1.82) is 0 Å². The van der Waals surface area contributed by atoms with E-state index in [9.17, 15) is 19.5 Å². The number of benzene rings is 1. The van der Waals surface area contributed by atoms with Gasteiger partial charge in [0.2, 0.25) is 5.91 Å². The Morgan fingerprint density at radius 2 is 2.08 bits per heavy atom. The first-order chi connectivity index (χ1) is 18.6. The van der Waals surface area contributed by atoms with Crippen LogP contribution in [0.3, 0.4) is 0 Å². The summed E-state index contributed by atoms with van der Waals surface area (Å²) in [4.78, 5) is 44.3. The predicted molar refractivity (Wildman–Crippen MR) is 145 cm³/mol. The van der Waals surface area contributed by atoms with Crippen molar-refractivity contribution in [1.82, 2.24) is 14.9 Å². The maximum absolute atomic E-state index is 13.9. The molecule has 6 rings (SSSR count). The van der Waals surface area contributed by atoms with Crippen molar-refractivity contribution in [3.8, 4) is 11.4 Å². The minimum absolute atomic E-state index is 0.122. The number of aliphatic hydroxyl groups excluding tert-OH is 1. The van der Waals surface area contributed by atoms with Crippen molar-refractivity contribution in [2.45, 2.75) is 77.9 Å². The van der Waals surface area contributed by atoms with Gasteiger partial charge in [0.05, 0.1) is 41.2 Å². The quantitative estimate of drug-likeness (QED) is 0.364. The van der Waals surface area contributed by atoms with Crippen LogP contribution in [0, 0.1) is 6.92 Å². The molecule has 3 aromatic rings. The van der Waals surface area contributed by atoms with E-state index in [1.54, 1.807) is 4.57 Å². The molecule has 39 heavy (non-hydrogen) atoms. The lowest BCUT2D eigenvalue weighted by atomic mass is 9.81. The third-order valence-corrected chi connectivity index (χ3v) is 8.65. The molecule has 0 fully saturated rings. The molecule has 0 saturated carbocycles. The van der Waals surface area contributed by atoms with Crippen LogP contribution in [0.4, 0.5) is 0 Å². The summed E-state index contributed by atoms with van der Waals surface area (Å²) in [5.41, 5.74) is 4.93. The number of aryl methyl sites for hydroxylation is 1. The van der Waals surface area contributed by atoms with Gasteiger partial charge in [-0.25, -0.2) is 9.78 Å². The number of ether oxygens (including phenoxy) is 2. The molecule has 4 heterocycles. The summed E-state index contributed by atoms with van der Waals surface area (Å²) in [6.45, 7) is 7.03. The van der Waals surface area contributed by atoms with Gasteiger partial charge in [-0.3, -0.25) is 9.59 Å². The van der Waals surface area contributed by atoms with Crippen LogP contribution in [-0.4, -0.2) is 39.2 Å². The van der Waals surface area contributed by atoms with Crippen LogP contribution < -0.4 is 10.9 Å². The lowest BCUT2D eigenvalue weighted by molar-refractivity contribution is -0.187. The second kappa shape index (κ2) is 9.15. The molecule has 2 aromatic heterocycles. The highest BCUT2D eigenvalue weighted by atomic mass is 35.5. The molecule has 2 atom stereocenters. The highest BCUT2D eigenvalue weighted by Gasteiger charge is 2.49. The average Bonchev–Trinajstić information content (AvgIpc) is 3.28. The van der Waals surface area contributed by atoms with Gasteiger partial charge in [0.25, 0.3) is 5.56 Å². The number of halogens is 1. The molecule has 9 nitrogen and oxygen atoms in total. The fraction of sp³-hybridized carbons (Fsp3) is 0.448. The standard InChI is InChI=1S/C29H30ClN3O6/c1-5-29(39-13(2)3)18-8-22-26-16(10-33(22)27(36)17(18)12-38-28(29)37)25-20(31-23(35)11-34)7-6-15-14(4)19(30)9-21(32-26)24(15)25/h8-9,13,20,34H,5-7,10-12H2,1-4H3,(H,31,35)/t20-,29-/m0/s1. The van der Waals surface area contributed by atoms with Crippen molar-refractivity contribution < 1.29 is 24.2 Å². The number of aromatic nitrogens is 2. The Kier molecular flexibility index (Phi) is 6.09. The molecule has 0 radical (unpaired) electrons. The van der Waals surface area contributed by atoms with Crippen molar-refractivity contribution in [2.75, 3.05) is 6.61 Å². The van der Waals surface area contributed by atoms with E-state index >= 15 is 0 Å². The molecule has 1 aromatic carbocycles. The number of amides is 1. The minimum Gasteiger partial charge on any atom is -0.458 e. The largest absolute Gasteiger partial charge is 0.458 e. The van der Waals surface area contributed by atoms with E-state index < -0.39 is 24.1 Å². The van der Waals surface area contributed by atoms with E-state index in [0.717, 1.165) is 27.6 Å². The summed E-state index contributed by atoms with van der Waals surface area (Å²) in [5, 5.41) is 13.9. The fourth-order valence-electron chi connectivity index (χ4n) is 6.52. The van der Waals surface area contributed by atoms with Crippen LogP contribution in [-0.2, 0) is 44.2 Å². The maximum Gasteiger partial charge on any atom is 0.343 e. The lowest BCUT2D eigenvalue weighted by Gasteiger charge is -2.37. The Hall–Kier alpha value is -3.27. The number of hydrogen-bond donors (Lipinski definition) is 2. The molecule has 0 unspecified atom stereocenters. The monoisotopic (exact) mass is 551 g/mol. The van der Waals surface area contributed by atoms with Gasteiger partial charge in [-0.2, -0.15) is 0 Å². The topological polar surface area (TPSA) is 120 Å². The third-order valence-electron chi connectivity index (χ3n) is 8.26. The van der Waals surface area contributed by atoms with E-state index in [0.29, 0.717) is 52.3 Å². The number of rotatable bonds is 5. The molecule has 1 amide bonds. The molecule has 0 spiro atoms. The summed E-state index contributed by atoms with van der Waals surface area (Å²) in [7, 11) is 0. The van der Waals surface area contributed by atoms with Gasteiger partial charge in [0.1, 0.15) is 13.2 Å². The summed E-state index contributed by atoms with van der Waals surface area (Å²) in [6, 6.07) is 3.31. The van der Waals surface area contributed by atoms with E-state index in [2.05, 4.69) is 5.32 Å². The van der Waals surface area contributed by atoms with Crippen molar-refractivity contribution in [3.05, 3.63) is 60.9 Å². The number of esters is 1. The molecule has 3 aliphatic rings. The van der Waals surface area contributed by atoms with Crippen molar-refractivity contribution >= 4 is 34.4 Å². The number of hydrogen-bond acceptors (Lipinski definition) is 7. The molecule has 2 aliphatic heterocycles. The lowest BCUT2D eigenvalue weighted by Crippen LogP contribution is -2.47. The van der Waals surface area contributed by atoms with Gasteiger partial charge in [-0.05, 0) is 68.9 Å². The summed E-state index contributed by atoms with van der Waals surface area (Å²) >= 11 is 6.62. The van der Waals surface area contributed by atoms with Crippen LogP contribution in [0.25, 0.3) is 22.3 Å². The summed E-state index contributed by atoms with van der Waals surface area (Å²) in [6.07, 6.45) is 1.34. The van der Waals surface area contributed by atoms with Gasteiger partial charge in [-0.15, -0.1) is 0 Å². The zero-order valence-corrected chi connectivity index (χ0v) is 23.1. The molecular weight excluding hydrogens is 522 g/mol. The van der Waals surface area contributed by atoms with Gasteiger partial charge in [0.15, 0.2) is 5.60 Å². The van der Waals surface area contributed by atoms with E-state index in [1.807, 2.05) is 39.8 Å². The Morgan fingerprint density at radius 1 is 1.31 bits per heavy atom. The van der Waals surface area contributed by atoms with Crippen LogP contribution >= 0.6 is 11.6 Å². The second-order valence-corrected chi connectivity index (χ2v) is 11.2. The number of aliphatic hydroxyl groups is 1. The Labute approximate surface area is 230 Å². The van der Waals surface area contributed by atoms with Gasteiger partial charge in [-0.1, -0.05) is 18.5 Å². The molecule has 10 heteroatoms. The van der Waals surface area contributed by atoms with Crippen LogP contribution in [0.1, 0.15) is 73.0 Å². The van der Waals surface area contributed by atoms with Gasteiger partial charge >= 0.3 is 5.97 Å². The zero-order chi connectivity index (χ0) is 27.8. The number of nitrogens with one attached hydrogen (secondary N) is 1. The first-order valence-electron chi connectivity index (χ1n) is 13.3. The van der Waals surface area contributed by atoms with E-state index in [1.165, 1.54) is 0 Å². The highest BCUT2D eigenvalue weighted by molar-refractivity contribution is 6.32. The molecule has 1 aliphatic carbocycles. The number of cyclic esters (lactones) is 1. The Morgan fingerprint density at radius 3 is 2.77 bits per heavy atom. The van der Waals surface area contributed by atoms with Crippen molar-refractivity contribution in [3.63, 3.8) is 0 Å². The molecule has 2 N–H and O–H groups in total. The first kappa shape index (κ1) is 26.0. The van der Waals surface area contributed by atoms with Gasteiger partial charge in [0, 0.05) is 21.5 Å². The summed E-state index contributed by atoms with van der Waals surface area (Å²) < 4.78 is 13.3. The smallest absolute Gasteiger partial charge is 0.343 e. The minimum atomic E-state index is -1.39. The maximum atomic E-state index is 13.9. The summed E-state index contributed by atoms with van der Waals surface area (Å²) in [5.74, 6) is -0.973. The average molecular weight is 552 g/mol.